The molecule has 0 saturated carbocycles. The number of phenolic OH excluding ortho intramolecular Hbond substituents is 1. The van der Waals surface area contributed by atoms with E-state index in [2.05, 4.69) is 59.4 Å². The summed E-state index contributed by atoms with van der Waals surface area (Å²) in [6.07, 6.45) is -3.89. The van der Waals surface area contributed by atoms with Gasteiger partial charge in [0.15, 0.2) is 6.29 Å². The Kier molecular flexibility index (Phi) is 33.5. The van der Waals surface area contributed by atoms with Gasteiger partial charge >= 0.3 is 5.97 Å². The number of aliphatic hydroxyl groups excluding tert-OH is 6. The summed E-state index contributed by atoms with van der Waals surface area (Å²) in [5.74, 6) is -12.7. The SMILES string of the molecule is C/C=C(/NC(=O)CC(O)CCCCCCCCCCC)C(=O)NC1C(=O)NC(C(C)O)C(=O)NC(Cc2ccc(O)cc2)C(=O)N/C(=C/C)C(=O)NC(CCC(N)=O)C(=O)NCC(=O)N(C)C(C(C)OC2OC(CO)C(O)C(O)C2O)C(=O)NC(Cc2cnc[nH]2)C(=O)OC1C. The van der Waals surface area contributed by atoms with Crippen molar-refractivity contribution >= 4 is 65.0 Å². The number of ether oxygens (including phenoxy) is 3. The number of hydrogen-bond acceptors (Lipinski definition) is 22. The van der Waals surface area contributed by atoms with Gasteiger partial charge in [0.05, 0.1) is 44.2 Å². The number of carbonyl (C=O) groups excluding carboxylic acids is 11. The maximum atomic E-state index is 15.0. The molecule has 3 heterocycles. The van der Waals surface area contributed by atoms with Gasteiger partial charge in [0, 0.05) is 38.2 Å². The van der Waals surface area contributed by atoms with Crippen molar-refractivity contribution < 1.29 is 103 Å². The van der Waals surface area contributed by atoms with Crippen molar-refractivity contribution in [2.24, 2.45) is 5.73 Å². The van der Waals surface area contributed by atoms with Crippen LogP contribution in [0.2, 0.25) is 0 Å². The molecule has 15 unspecified atom stereocenters. The number of aromatic hydroxyl groups is 1. The number of nitrogens with zero attached hydrogens (tertiary/aromatic N) is 2. The molecule has 534 valence electrons. The quantitative estimate of drug-likeness (QED) is 0.0238. The number of nitrogens with one attached hydrogen (secondary N) is 9. The van der Waals surface area contributed by atoms with Gasteiger partial charge in [0.25, 0.3) is 11.8 Å². The number of aromatic nitrogens is 2. The number of phenols is 1. The monoisotopic (exact) mass is 1360 g/mol. The second-order valence-electron chi connectivity index (χ2n) is 23.7. The number of cyclic esters (lactones) is 1. The number of nitrogens with two attached hydrogens (primary N) is 1. The first-order chi connectivity index (χ1) is 45.5. The highest BCUT2D eigenvalue weighted by molar-refractivity contribution is 6.03. The molecule has 1 aromatic carbocycles. The number of benzene rings is 1. The van der Waals surface area contributed by atoms with Crippen LogP contribution in [-0.2, 0) is 79.8 Å². The minimum absolute atomic E-state index is 0.167. The van der Waals surface area contributed by atoms with Gasteiger partial charge in [-0.15, -0.1) is 0 Å². The number of imidazole rings is 1. The Bertz CT molecular complexity index is 2980. The molecule has 0 spiro atoms. The molecule has 4 rings (SSSR count). The number of hydrogen-bond donors (Lipinski definition) is 17. The topological polar surface area (TPSA) is 511 Å². The van der Waals surface area contributed by atoms with Crippen LogP contribution in [0, 0.1) is 0 Å². The smallest absolute Gasteiger partial charge is 0.329 e. The molecule has 2 saturated heterocycles. The number of aliphatic hydroxyl groups is 6. The standard InChI is InChI=1S/C63H96N12O21/c1-8-11-12-13-14-15-16-17-18-19-39(79)28-47(81)68-40(9-2)57(88)74-50-34(5)94-62(93)44(27-37-29-65-32-67-37)72-61(92)51(35(6)95-63-54(85)53(84)52(83)45(31-76)96-63)75(7)48(82)30-66-55(86)42(24-25-46(64)80)70-56(87)41(10-3)69-58(89)43(26-36-20-22-38(78)23-21-36)71-59(90)49(33(4)77)73-60(50)91/h9-10,20-23,29,32-35,39,42-45,49-54,63,76-79,83-85H,8,11-19,24-28,30-31H2,1-7H3,(H2,64,80)(H,65,67)(H,66,86)(H,68,81)(H,69,89)(H,70,87)(H,71,90)(H,72,92)(H,73,91)(H,74,88)/b40-9+,41-10+. The van der Waals surface area contributed by atoms with Crippen molar-refractivity contribution in [2.75, 3.05) is 20.2 Å². The molecule has 15 atom stereocenters. The highest BCUT2D eigenvalue weighted by Crippen LogP contribution is 2.25. The number of esters is 1. The van der Waals surface area contributed by atoms with E-state index >= 15 is 0 Å². The predicted octanol–water partition coefficient (Wildman–Crippen LogP) is -3.22. The third-order valence-corrected chi connectivity index (χ3v) is 16.1. The highest BCUT2D eigenvalue weighted by Gasteiger charge is 2.47. The van der Waals surface area contributed by atoms with Crippen molar-refractivity contribution in [1.82, 2.24) is 57.4 Å². The van der Waals surface area contributed by atoms with Gasteiger partial charge in [-0.25, -0.2) is 9.78 Å². The molecule has 10 amide bonds. The molecule has 0 radical (unpaired) electrons. The summed E-state index contributed by atoms with van der Waals surface area (Å²) in [5.41, 5.74) is 4.89. The minimum atomic E-state index is -2.10. The number of H-pyrrole nitrogens is 1. The minimum Gasteiger partial charge on any atom is -0.508 e. The average Bonchev–Trinajstić information content (AvgIpc) is 0.858. The van der Waals surface area contributed by atoms with E-state index in [4.69, 9.17) is 19.9 Å². The Morgan fingerprint density at radius 1 is 0.812 bits per heavy atom. The third-order valence-electron chi connectivity index (χ3n) is 16.1. The summed E-state index contributed by atoms with van der Waals surface area (Å²) in [5, 5.41) is 93.2. The molecule has 2 fully saturated rings. The Balaban J connectivity index is 1.84. The molecule has 2 aliphatic rings. The Morgan fingerprint density at radius 3 is 2.05 bits per heavy atom. The summed E-state index contributed by atoms with van der Waals surface area (Å²) in [6, 6.07) is -6.02. The lowest BCUT2D eigenvalue weighted by Crippen LogP contribution is -2.63. The van der Waals surface area contributed by atoms with Crippen molar-refractivity contribution in [2.45, 2.75) is 229 Å². The Hall–Kier alpha value is -8.44. The number of carbonyl (C=O) groups is 11. The fraction of sp³-hybridized carbons (Fsp3) is 0.619. The van der Waals surface area contributed by atoms with Gasteiger partial charge < -0.3 is 108 Å². The van der Waals surface area contributed by atoms with Gasteiger partial charge in [0.1, 0.15) is 83.9 Å². The number of unbranched alkanes of at least 4 members (excludes halogenated alkanes) is 8. The van der Waals surface area contributed by atoms with Crippen LogP contribution in [0.5, 0.6) is 5.75 Å². The Labute approximate surface area is 555 Å². The van der Waals surface area contributed by atoms with Crippen LogP contribution in [-0.4, -0.2) is 227 Å². The maximum absolute atomic E-state index is 15.0. The molecule has 96 heavy (non-hydrogen) atoms. The average molecular weight is 1360 g/mol. The first-order valence-corrected chi connectivity index (χ1v) is 32.1. The molecule has 0 aliphatic carbocycles. The predicted molar refractivity (Wildman–Crippen MR) is 340 cm³/mol. The Morgan fingerprint density at radius 2 is 1.46 bits per heavy atom. The van der Waals surface area contributed by atoms with E-state index in [1.165, 1.54) is 70.4 Å². The zero-order valence-corrected chi connectivity index (χ0v) is 55.1. The number of rotatable bonds is 27. The van der Waals surface area contributed by atoms with E-state index in [1.54, 1.807) is 0 Å². The van der Waals surface area contributed by atoms with Crippen LogP contribution in [0.4, 0.5) is 0 Å². The molecule has 33 nitrogen and oxygen atoms in total. The fourth-order valence-corrected chi connectivity index (χ4v) is 10.5. The molecule has 1 aromatic heterocycles. The number of likely N-dealkylation sites (N-methyl/N-ethyl adjacent to an activating group) is 1. The van der Waals surface area contributed by atoms with Crippen LogP contribution in [0.1, 0.15) is 136 Å². The number of allylic oxidation sites excluding steroid dienone is 2. The van der Waals surface area contributed by atoms with E-state index in [9.17, 15) is 88.5 Å². The van der Waals surface area contributed by atoms with Crippen molar-refractivity contribution in [3.05, 3.63) is 71.6 Å². The second-order valence-corrected chi connectivity index (χ2v) is 23.7. The lowest BCUT2D eigenvalue weighted by molar-refractivity contribution is -0.312. The van der Waals surface area contributed by atoms with Crippen LogP contribution >= 0.6 is 0 Å². The van der Waals surface area contributed by atoms with Gasteiger partial charge in [0.2, 0.25) is 47.3 Å². The summed E-state index contributed by atoms with van der Waals surface area (Å²) in [6.45, 7) is 6.31. The van der Waals surface area contributed by atoms with Crippen LogP contribution in [0.3, 0.4) is 0 Å². The molecule has 33 heteroatoms. The first kappa shape index (κ1) is 80.0. The second kappa shape index (κ2) is 40.2. The summed E-state index contributed by atoms with van der Waals surface area (Å²) < 4.78 is 17.3. The van der Waals surface area contributed by atoms with E-state index in [0.717, 1.165) is 76.5 Å². The zero-order valence-electron chi connectivity index (χ0n) is 55.1. The molecule has 2 aromatic rings. The number of aromatic amines is 1. The number of amides is 10. The first-order valence-electron chi connectivity index (χ1n) is 32.1. The maximum Gasteiger partial charge on any atom is 0.329 e. The molecule has 2 aliphatic heterocycles. The van der Waals surface area contributed by atoms with Gasteiger partial charge in [-0.2, -0.15) is 0 Å². The van der Waals surface area contributed by atoms with Crippen molar-refractivity contribution in [3.63, 3.8) is 0 Å². The normalized spacial score (nSPS) is 26.4. The zero-order chi connectivity index (χ0) is 71.3. The summed E-state index contributed by atoms with van der Waals surface area (Å²) in [4.78, 5) is 163. The van der Waals surface area contributed by atoms with E-state index < -0.39 is 213 Å². The molecular weight excluding hydrogens is 1260 g/mol. The van der Waals surface area contributed by atoms with Crippen molar-refractivity contribution in [3.8, 4) is 5.75 Å². The van der Waals surface area contributed by atoms with Crippen LogP contribution in [0.25, 0.3) is 0 Å². The highest BCUT2D eigenvalue weighted by atomic mass is 16.7. The van der Waals surface area contributed by atoms with Crippen molar-refractivity contribution in [1.29, 1.82) is 0 Å². The van der Waals surface area contributed by atoms with Crippen LogP contribution < -0.4 is 48.3 Å². The lowest BCUT2D eigenvalue weighted by Gasteiger charge is -2.42. The number of primary amides is 1. The molecule has 0 bridgehead atoms. The third kappa shape index (κ3) is 25.3. The van der Waals surface area contributed by atoms with E-state index in [1.807, 2.05) is 0 Å². The van der Waals surface area contributed by atoms with E-state index in [0.29, 0.717) is 12.0 Å². The molecular formula is C63H96N12O21. The van der Waals surface area contributed by atoms with Gasteiger partial charge in [-0.1, -0.05) is 89.0 Å². The summed E-state index contributed by atoms with van der Waals surface area (Å²) in [7, 11) is 1.05. The lowest BCUT2D eigenvalue weighted by atomic mass is 9.99. The largest absolute Gasteiger partial charge is 0.508 e. The van der Waals surface area contributed by atoms with Crippen LogP contribution in [0.15, 0.2) is 60.3 Å². The van der Waals surface area contributed by atoms with Gasteiger partial charge in [-0.3, -0.25) is 47.9 Å². The summed E-state index contributed by atoms with van der Waals surface area (Å²) >= 11 is 0. The van der Waals surface area contributed by atoms with E-state index in [-0.39, 0.29) is 17.9 Å². The fourth-order valence-electron chi connectivity index (χ4n) is 10.5. The van der Waals surface area contributed by atoms with Gasteiger partial charge in [-0.05, 0) is 65.2 Å². The molecule has 18 N–H and O–H groups in total.